The first-order valence-electron chi connectivity index (χ1n) is 6.71. The predicted octanol–water partition coefficient (Wildman–Crippen LogP) is 4.32. The highest BCUT2D eigenvalue weighted by Gasteiger charge is 2.11. The summed E-state index contributed by atoms with van der Waals surface area (Å²) in [4.78, 5) is 10.8. The SMILES string of the molecule is CCc1ccc(-c2ccc(C(=O)O)c(F)c2)cc1CC. The van der Waals surface area contributed by atoms with Gasteiger partial charge in [0.15, 0.2) is 0 Å². The number of rotatable bonds is 4. The van der Waals surface area contributed by atoms with E-state index in [1.54, 1.807) is 6.07 Å². The highest BCUT2D eigenvalue weighted by Crippen LogP contribution is 2.25. The van der Waals surface area contributed by atoms with E-state index >= 15 is 0 Å². The van der Waals surface area contributed by atoms with Crippen molar-refractivity contribution in [1.29, 1.82) is 0 Å². The highest BCUT2D eigenvalue weighted by atomic mass is 19.1. The molecule has 0 aliphatic carbocycles. The molecule has 0 aliphatic heterocycles. The van der Waals surface area contributed by atoms with Gasteiger partial charge < -0.3 is 5.11 Å². The van der Waals surface area contributed by atoms with Crippen LogP contribution in [-0.2, 0) is 12.8 Å². The molecule has 1 N–H and O–H groups in total. The molecule has 0 fully saturated rings. The molecule has 3 heteroatoms. The molecular formula is C17H17FO2. The van der Waals surface area contributed by atoms with Crippen LogP contribution in [0.2, 0.25) is 0 Å². The van der Waals surface area contributed by atoms with Crippen LogP contribution >= 0.6 is 0 Å². The average molecular weight is 272 g/mol. The number of benzene rings is 2. The quantitative estimate of drug-likeness (QED) is 0.900. The minimum absolute atomic E-state index is 0.297. The number of aryl methyl sites for hydroxylation is 2. The standard InChI is InChI=1S/C17H17FO2/c1-3-11-5-6-13(9-12(11)4-2)14-7-8-15(17(19)20)16(18)10-14/h5-10H,3-4H2,1-2H3,(H,19,20). The maximum absolute atomic E-state index is 13.7. The van der Waals surface area contributed by atoms with Crippen LogP contribution in [0, 0.1) is 5.82 Å². The molecule has 2 rings (SSSR count). The van der Waals surface area contributed by atoms with Gasteiger partial charge in [-0.05, 0) is 47.2 Å². The van der Waals surface area contributed by atoms with Crippen molar-refractivity contribution in [2.75, 3.05) is 0 Å². The lowest BCUT2D eigenvalue weighted by atomic mass is 9.96. The lowest BCUT2D eigenvalue weighted by molar-refractivity contribution is 0.0692. The highest BCUT2D eigenvalue weighted by molar-refractivity contribution is 5.88. The van der Waals surface area contributed by atoms with E-state index in [9.17, 15) is 9.18 Å². The minimum atomic E-state index is -1.25. The molecule has 2 aromatic carbocycles. The Bertz CT molecular complexity index is 647. The minimum Gasteiger partial charge on any atom is -0.478 e. The van der Waals surface area contributed by atoms with Crippen LogP contribution in [0.15, 0.2) is 36.4 Å². The molecule has 0 aromatic heterocycles. The summed E-state index contributed by atoms with van der Waals surface area (Å²) in [5.74, 6) is -1.95. The second-order valence-electron chi connectivity index (χ2n) is 4.69. The summed E-state index contributed by atoms with van der Waals surface area (Å²) >= 11 is 0. The van der Waals surface area contributed by atoms with Crippen LogP contribution in [0.1, 0.15) is 35.3 Å². The van der Waals surface area contributed by atoms with Gasteiger partial charge in [-0.3, -0.25) is 0 Å². The fourth-order valence-corrected chi connectivity index (χ4v) is 2.35. The van der Waals surface area contributed by atoms with Gasteiger partial charge in [0.05, 0.1) is 5.56 Å². The first kappa shape index (κ1) is 14.3. The zero-order chi connectivity index (χ0) is 14.7. The van der Waals surface area contributed by atoms with E-state index in [1.807, 2.05) is 12.1 Å². The summed E-state index contributed by atoms with van der Waals surface area (Å²) in [7, 11) is 0. The van der Waals surface area contributed by atoms with Crippen molar-refractivity contribution in [2.24, 2.45) is 0 Å². The summed E-state index contributed by atoms with van der Waals surface area (Å²) in [6, 6.07) is 10.3. The fraction of sp³-hybridized carbons (Fsp3) is 0.235. The molecule has 0 saturated heterocycles. The van der Waals surface area contributed by atoms with Crippen molar-refractivity contribution in [1.82, 2.24) is 0 Å². The monoisotopic (exact) mass is 272 g/mol. The summed E-state index contributed by atoms with van der Waals surface area (Å²) in [6.07, 6.45) is 1.89. The molecule has 0 aliphatic rings. The summed E-state index contributed by atoms with van der Waals surface area (Å²) < 4.78 is 13.7. The summed E-state index contributed by atoms with van der Waals surface area (Å²) in [6.45, 7) is 4.20. The lowest BCUT2D eigenvalue weighted by Gasteiger charge is -2.10. The zero-order valence-corrected chi connectivity index (χ0v) is 11.6. The van der Waals surface area contributed by atoms with Gasteiger partial charge in [-0.25, -0.2) is 9.18 Å². The molecule has 20 heavy (non-hydrogen) atoms. The molecule has 0 amide bonds. The van der Waals surface area contributed by atoms with E-state index in [0.29, 0.717) is 5.56 Å². The van der Waals surface area contributed by atoms with Crippen molar-refractivity contribution >= 4 is 5.97 Å². The van der Waals surface area contributed by atoms with Gasteiger partial charge >= 0.3 is 5.97 Å². The topological polar surface area (TPSA) is 37.3 Å². The van der Waals surface area contributed by atoms with Gasteiger partial charge in [-0.2, -0.15) is 0 Å². The number of carboxylic acid groups (broad SMARTS) is 1. The molecular weight excluding hydrogens is 255 g/mol. The normalized spacial score (nSPS) is 10.6. The Hall–Kier alpha value is -2.16. The number of aromatic carboxylic acids is 1. The van der Waals surface area contributed by atoms with Gasteiger partial charge in [0.25, 0.3) is 0 Å². The first-order chi connectivity index (χ1) is 9.56. The molecule has 0 radical (unpaired) electrons. The summed E-state index contributed by atoms with van der Waals surface area (Å²) in [5, 5.41) is 8.84. The molecule has 0 spiro atoms. The molecule has 104 valence electrons. The third-order valence-corrected chi connectivity index (χ3v) is 3.50. The Labute approximate surface area is 117 Å². The third kappa shape index (κ3) is 2.72. The van der Waals surface area contributed by atoms with Crippen molar-refractivity contribution < 1.29 is 14.3 Å². The van der Waals surface area contributed by atoms with Crippen LogP contribution in [0.4, 0.5) is 4.39 Å². The number of halogens is 1. The maximum atomic E-state index is 13.7. The zero-order valence-electron chi connectivity index (χ0n) is 11.6. The number of carboxylic acids is 1. The van der Waals surface area contributed by atoms with Crippen molar-refractivity contribution in [3.05, 3.63) is 58.9 Å². The molecule has 2 nitrogen and oxygen atoms in total. The van der Waals surface area contributed by atoms with Gasteiger partial charge in [-0.1, -0.05) is 38.1 Å². The largest absolute Gasteiger partial charge is 0.478 e. The second kappa shape index (κ2) is 5.87. The van der Waals surface area contributed by atoms with E-state index in [0.717, 1.165) is 18.4 Å². The van der Waals surface area contributed by atoms with Crippen LogP contribution in [0.5, 0.6) is 0 Å². The fourth-order valence-electron chi connectivity index (χ4n) is 2.35. The Balaban J connectivity index is 2.46. The Kier molecular flexibility index (Phi) is 4.18. The Morgan fingerprint density at radius 1 is 1.00 bits per heavy atom. The van der Waals surface area contributed by atoms with Crippen LogP contribution < -0.4 is 0 Å². The van der Waals surface area contributed by atoms with Gasteiger partial charge in [0.2, 0.25) is 0 Å². The smallest absolute Gasteiger partial charge is 0.338 e. The van der Waals surface area contributed by atoms with E-state index in [-0.39, 0.29) is 5.56 Å². The molecule has 2 aromatic rings. The van der Waals surface area contributed by atoms with Crippen LogP contribution in [-0.4, -0.2) is 11.1 Å². The lowest BCUT2D eigenvalue weighted by Crippen LogP contribution is -2.00. The Morgan fingerprint density at radius 2 is 1.60 bits per heavy atom. The van der Waals surface area contributed by atoms with Gasteiger partial charge in [0, 0.05) is 0 Å². The second-order valence-corrected chi connectivity index (χ2v) is 4.69. The van der Waals surface area contributed by atoms with Crippen molar-refractivity contribution in [3.8, 4) is 11.1 Å². The van der Waals surface area contributed by atoms with Gasteiger partial charge in [-0.15, -0.1) is 0 Å². The summed E-state index contributed by atoms with van der Waals surface area (Å²) in [5.41, 5.74) is 3.85. The van der Waals surface area contributed by atoms with Crippen LogP contribution in [0.25, 0.3) is 11.1 Å². The van der Waals surface area contributed by atoms with Crippen LogP contribution in [0.3, 0.4) is 0 Å². The number of carbonyl (C=O) groups is 1. The van der Waals surface area contributed by atoms with Crippen molar-refractivity contribution in [3.63, 3.8) is 0 Å². The predicted molar refractivity (Wildman–Crippen MR) is 77.6 cm³/mol. The first-order valence-corrected chi connectivity index (χ1v) is 6.71. The van der Waals surface area contributed by atoms with Crippen molar-refractivity contribution in [2.45, 2.75) is 26.7 Å². The van der Waals surface area contributed by atoms with E-state index < -0.39 is 11.8 Å². The number of hydrogen-bond acceptors (Lipinski definition) is 1. The molecule has 0 unspecified atom stereocenters. The maximum Gasteiger partial charge on any atom is 0.338 e. The van der Waals surface area contributed by atoms with E-state index in [2.05, 4.69) is 19.9 Å². The van der Waals surface area contributed by atoms with Gasteiger partial charge in [0.1, 0.15) is 5.82 Å². The number of hydrogen-bond donors (Lipinski definition) is 1. The molecule has 0 heterocycles. The third-order valence-electron chi connectivity index (χ3n) is 3.50. The molecule has 0 saturated carbocycles. The molecule has 0 bridgehead atoms. The molecule has 0 atom stereocenters. The van der Waals surface area contributed by atoms with E-state index in [4.69, 9.17) is 5.11 Å². The Morgan fingerprint density at radius 3 is 2.15 bits per heavy atom. The average Bonchev–Trinajstić information content (AvgIpc) is 2.45. The van der Waals surface area contributed by atoms with E-state index in [1.165, 1.54) is 23.3 Å².